The molecule has 2 N–H and O–H groups in total. The van der Waals surface area contributed by atoms with Gasteiger partial charge in [0.2, 0.25) is 5.91 Å². The maximum absolute atomic E-state index is 13.0. The number of amides is 3. The van der Waals surface area contributed by atoms with Crippen LogP contribution in [0, 0.1) is 6.92 Å². The zero-order valence-corrected chi connectivity index (χ0v) is 17.0. The van der Waals surface area contributed by atoms with Crippen LogP contribution in [0.15, 0.2) is 47.1 Å². The minimum absolute atomic E-state index is 0.0428. The number of nitrogens with zero attached hydrogens (tertiary/aromatic N) is 2. The molecule has 8 heteroatoms. The molecule has 2 saturated heterocycles. The van der Waals surface area contributed by atoms with E-state index >= 15 is 0 Å². The normalized spacial score (nSPS) is 22.6. The maximum atomic E-state index is 13.0. The Hall–Kier alpha value is -3.13. The second-order valence-corrected chi connectivity index (χ2v) is 7.79. The fourth-order valence-electron chi connectivity index (χ4n) is 4.21. The highest BCUT2D eigenvalue weighted by Crippen LogP contribution is 2.26. The third-order valence-electron chi connectivity index (χ3n) is 5.89. The van der Waals surface area contributed by atoms with Gasteiger partial charge < -0.3 is 20.0 Å². The van der Waals surface area contributed by atoms with Crippen LogP contribution in [-0.2, 0) is 4.79 Å². The van der Waals surface area contributed by atoms with Crippen molar-refractivity contribution in [3.63, 3.8) is 0 Å². The molecule has 2 aliphatic rings. The lowest BCUT2D eigenvalue weighted by Crippen LogP contribution is -2.58. The van der Waals surface area contributed by atoms with Crippen LogP contribution in [-0.4, -0.2) is 72.3 Å². The van der Waals surface area contributed by atoms with Gasteiger partial charge in [0.25, 0.3) is 11.8 Å². The maximum Gasteiger partial charge on any atom is 0.255 e. The van der Waals surface area contributed by atoms with Crippen molar-refractivity contribution >= 4 is 17.7 Å². The molecule has 2 aliphatic heterocycles. The summed E-state index contributed by atoms with van der Waals surface area (Å²) < 4.78 is 5.11. The van der Waals surface area contributed by atoms with E-state index in [4.69, 9.17) is 4.42 Å². The predicted molar refractivity (Wildman–Crippen MR) is 110 cm³/mol. The van der Waals surface area contributed by atoms with Crippen LogP contribution in [0.5, 0.6) is 0 Å². The Morgan fingerprint density at radius 2 is 1.90 bits per heavy atom. The number of aryl methyl sites for hydroxylation is 1. The Morgan fingerprint density at radius 3 is 2.63 bits per heavy atom. The van der Waals surface area contributed by atoms with Gasteiger partial charge in [-0.1, -0.05) is 18.2 Å². The summed E-state index contributed by atoms with van der Waals surface area (Å²) >= 11 is 0. The topological polar surface area (TPSA) is 94.9 Å². The molecule has 2 fully saturated rings. The van der Waals surface area contributed by atoms with Crippen LogP contribution in [0.3, 0.4) is 0 Å². The minimum Gasteiger partial charge on any atom is -0.469 e. The van der Waals surface area contributed by atoms with E-state index in [1.807, 2.05) is 35.2 Å². The monoisotopic (exact) mass is 410 g/mol. The summed E-state index contributed by atoms with van der Waals surface area (Å²) in [7, 11) is 0. The quantitative estimate of drug-likeness (QED) is 0.742. The smallest absolute Gasteiger partial charge is 0.255 e. The molecule has 2 aromatic rings. The third-order valence-corrected chi connectivity index (χ3v) is 5.89. The molecule has 0 aliphatic carbocycles. The van der Waals surface area contributed by atoms with E-state index in [0.29, 0.717) is 30.0 Å². The SMILES string of the molecule is Cc1occc1C(=O)NCC(=O)NC[C@@H]1CN(C(=O)c2ccccc2)[C@H]2CCN1C2. The highest BCUT2D eigenvalue weighted by Gasteiger charge is 2.40. The number of piperazine rings is 1. The molecule has 0 saturated carbocycles. The Labute approximate surface area is 175 Å². The fourth-order valence-corrected chi connectivity index (χ4v) is 4.21. The van der Waals surface area contributed by atoms with Gasteiger partial charge in [0, 0.05) is 43.8 Å². The number of hydrogen-bond donors (Lipinski definition) is 2. The van der Waals surface area contributed by atoms with Crippen molar-refractivity contribution < 1.29 is 18.8 Å². The molecule has 1 unspecified atom stereocenters. The zero-order chi connectivity index (χ0) is 21.1. The summed E-state index contributed by atoms with van der Waals surface area (Å²) in [6.45, 7) is 4.36. The fraction of sp³-hybridized carbons (Fsp3) is 0.409. The molecule has 0 radical (unpaired) electrons. The van der Waals surface area contributed by atoms with Gasteiger partial charge in [-0.15, -0.1) is 0 Å². The summed E-state index contributed by atoms with van der Waals surface area (Å²) in [5.74, 6) is -0.0362. The predicted octanol–water partition coefficient (Wildman–Crippen LogP) is 1.03. The molecule has 8 nitrogen and oxygen atoms in total. The average Bonchev–Trinajstić information content (AvgIpc) is 3.38. The highest BCUT2D eigenvalue weighted by atomic mass is 16.3. The standard InChI is InChI=1S/C22H26N4O4/c1-15-19(8-10-30-15)21(28)24-12-20(27)23-11-18-14-26(17-7-9-25(18)13-17)22(29)16-5-3-2-4-6-16/h2-6,8,10,17-18H,7,9,11-14H2,1H3,(H,23,27)(H,24,28)/t17-,18+/m0/s1. The molecular formula is C22H26N4O4. The van der Waals surface area contributed by atoms with E-state index in [0.717, 1.165) is 19.5 Å². The van der Waals surface area contributed by atoms with Gasteiger partial charge in [0.1, 0.15) is 5.76 Å². The summed E-state index contributed by atoms with van der Waals surface area (Å²) in [6, 6.07) is 11.2. The van der Waals surface area contributed by atoms with Crippen molar-refractivity contribution in [2.45, 2.75) is 25.4 Å². The summed E-state index contributed by atoms with van der Waals surface area (Å²) in [6.07, 6.45) is 2.39. The lowest BCUT2D eigenvalue weighted by atomic mass is 10.1. The van der Waals surface area contributed by atoms with E-state index < -0.39 is 0 Å². The lowest BCUT2D eigenvalue weighted by Gasteiger charge is -2.40. The molecule has 3 heterocycles. The molecule has 3 amide bonds. The largest absolute Gasteiger partial charge is 0.469 e. The number of nitrogens with one attached hydrogen (secondary N) is 2. The van der Waals surface area contributed by atoms with E-state index in [9.17, 15) is 14.4 Å². The van der Waals surface area contributed by atoms with Gasteiger partial charge in [-0.05, 0) is 31.5 Å². The molecule has 30 heavy (non-hydrogen) atoms. The van der Waals surface area contributed by atoms with Crippen molar-refractivity contribution in [1.29, 1.82) is 0 Å². The van der Waals surface area contributed by atoms with E-state index in [1.54, 1.807) is 13.0 Å². The van der Waals surface area contributed by atoms with Gasteiger partial charge in [0.15, 0.2) is 0 Å². The molecule has 2 bridgehead atoms. The second kappa shape index (κ2) is 8.71. The molecule has 0 spiro atoms. The third kappa shape index (κ3) is 4.23. The second-order valence-electron chi connectivity index (χ2n) is 7.79. The number of carbonyl (C=O) groups is 3. The first-order chi connectivity index (χ1) is 14.5. The van der Waals surface area contributed by atoms with E-state index in [1.165, 1.54) is 6.26 Å². The molecule has 4 rings (SSSR count). The van der Waals surface area contributed by atoms with Crippen LogP contribution in [0.2, 0.25) is 0 Å². The van der Waals surface area contributed by atoms with Crippen LogP contribution in [0.1, 0.15) is 32.9 Å². The first-order valence-electron chi connectivity index (χ1n) is 10.2. The Morgan fingerprint density at radius 1 is 1.10 bits per heavy atom. The van der Waals surface area contributed by atoms with Crippen molar-refractivity contribution in [2.75, 3.05) is 32.7 Å². The number of hydrogen-bond acceptors (Lipinski definition) is 5. The first-order valence-corrected chi connectivity index (χ1v) is 10.2. The first kappa shape index (κ1) is 20.2. The number of benzene rings is 1. The van der Waals surface area contributed by atoms with Gasteiger partial charge in [-0.2, -0.15) is 0 Å². The van der Waals surface area contributed by atoms with E-state index in [-0.39, 0.29) is 36.3 Å². The summed E-state index contributed by atoms with van der Waals surface area (Å²) in [4.78, 5) is 41.6. The van der Waals surface area contributed by atoms with Crippen molar-refractivity contribution in [3.05, 3.63) is 59.5 Å². The molecule has 158 valence electrons. The van der Waals surface area contributed by atoms with Gasteiger partial charge in [-0.3, -0.25) is 19.3 Å². The molecule has 1 aromatic heterocycles. The molecule has 1 aromatic carbocycles. The van der Waals surface area contributed by atoms with Gasteiger partial charge >= 0.3 is 0 Å². The molecule has 3 atom stereocenters. The molecular weight excluding hydrogens is 384 g/mol. The van der Waals surface area contributed by atoms with Crippen LogP contribution in [0.25, 0.3) is 0 Å². The number of furan rings is 1. The minimum atomic E-state index is -0.337. The van der Waals surface area contributed by atoms with Crippen LogP contribution in [0.4, 0.5) is 0 Å². The lowest BCUT2D eigenvalue weighted by molar-refractivity contribution is -0.120. The average molecular weight is 410 g/mol. The highest BCUT2D eigenvalue weighted by molar-refractivity contribution is 5.97. The van der Waals surface area contributed by atoms with Crippen LogP contribution >= 0.6 is 0 Å². The van der Waals surface area contributed by atoms with Crippen molar-refractivity contribution in [1.82, 2.24) is 20.4 Å². The Kier molecular flexibility index (Phi) is 5.85. The Bertz CT molecular complexity index is 926. The zero-order valence-electron chi connectivity index (χ0n) is 17.0. The number of rotatable bonds is 6. The Balaban J connectivity index is 1.30. The number of fused-ring (bicyclic) bond motifs is 2. The van der Waals surface area contributed by atoms with Gasteiger partial charge in [0.05, 0.1) is 18.4 Å². The van der Waals surface area contributed by atoms with Crippen LogP contribution < -0.4 is 10.6 Å². The van der Waals surface area contributed by atoms with Crippen molar-refractivity contribution in [3.8, 4) is 0 Å². The summed E-state index contributed by atoms with van der Waals surface area (Å²) in [5, 5.41) is 5.50. The van der Waals surface area contributed by atoms with E-state index in [2.05, 4.69) is 15.5 Å². The number of carbonyl (C=O) groups excluding carboxylic acids is 3. The summed E-state index contributed by atoms with van der Waals surface area (Å²) in [5.41, 5.74) is 1.12. The van der Waals surface area contributed by atoms with Gasteiger partial charge in [-0.25, -0.2) is 0 Å². The van der Waals surface area contributed by atoms with Crippen molar-refractivity contribution in [2.24, 2.45) is 0 Å².